The van der Waals surface area contributed by atoms with Crippen molar-refractivity contribution in [2.24, 2.45) is 0 Å². The lowest BCUT2D eigenvalue weighted by atomic mass is 9.96. The molecule has 2 aliphatic carbocycles. The van der Waals surface area contributed by atoms with Gasteiger partial charge in [0.2, 0.25) is 9.84 Å². The summed E-state index contributed by atoms with van der Waals surface area (Å²) >= 11 is 0. The summed E-state index contributed by atoms with van der Waals surface area (Å²) in [5.74, 6) is 0. The lowest BCUT2D eigenvalue weighted by molar-refractivity contribution is 0.243. The van der Waals surface area contributed by atoms with E-state index in [9.17, 15) is 18.0 Å². The molecule has 2 aliphatic rings. The first-order chi connectivity index (χ1) is 22.8. The molecule has 0 radical (unpaired) electrons. The van der Waals surface area contributed by atoms with Crippen molar-refractivity contribution in [3.8, 4) is 22.3 Å². The summed E-state index contributed by atoms with van der Waals surface area (Å²) in [5.41, 5.74) is 4.79. The van der Waals surface area contributed by atoms with Crippen molar-refractivity contribution >= 4 is 33.3 Å². The van der Waals surface area contributed by atoms with Crippen LogP contribution in [0.1, 0.15) is 64.2 Å². The lowest BCUT2D eigenvalue weighted by Gasteiger charge is -2.22. The van der Waals surface area contributed by atoms with Crippen LogP contribution in [-0.4, -0.2) is 32.6 Å². The van der Waals surface area contributed by atoms with E-state index in [1.807, 2.05) is 48.5 Å². The van der Waals surface area contributed by atoms with Gasteiger partial charge in [-0.3, -0.25) is 0 Å². The van der Waals surface area contributed by atoms with E-state index in [4.69, 9.17) is 0 Å². The number of hydrogen-bond donors (Lipinski definition) is 4. The van der Waals surface area contributed by atoms with Gasteiger partial charge >= 0.3 is 12.1 Å². The third-order valence-electron chi connectivity index (χ3n) is 9.12. The molecule has 0 aromatic heterocycles. The number of hydrogen-bond acceptors (Lipinski definition) is 4. The summed E-state index contributed by atoms with van der Waals surface area (Å²) in [7, 11) is -3.74. The van der Waals surface area contributed by atoms with Crippen molar-refractivity contribution in [3.63, 3.8) is 0 Å². The van der Waals surface area contributed by atoms with E-state index in [0.717, 1.165) is 73.6 Å². The highest BCUT2D eigenvalue weighted by Gasteiger charge is 2.19. The summed E-state index contributed by atoms with van der Waals surface area (Å²) in [6.07, 6.45) is 11.1. The zero-order chi connectivity index (χ0) is 32.6. The first-order valence-corrected chi connectivity index (χ1v) is 18.1. The maximum absolute atomic E-state index is 13.5. The summed E-state index contributed by atoms with van der Waals surface area (Å²) < 4.78 is 27.0. The number of benzene rings is 4. The highest BCUT2D eigenvalue weighted by molar-refractivity contribution is 7.91. The van der Waals surface area contributed by atoms with E-state index in [0.29, 0.717) is 11.4 Å². The molecule has 4 N–H and O–H groups in total. The van der Waals surface area contributed by atoms with Crippen molar-refractivity contribution in [3.05, 3.63) is 97.1 Å². The Balaban J connectivity index is 1.09. The molecule has 0 unspecified atom stereocenters. The topological polar surface area (TPSA) is 116 Å². The molecular formula is C38H42N4O4S. The van der Waals surface area contributed by atoms with E-state index in [1.165, 1.54) is 12.8 Å². The Hall–Kier alpha value is -4.63. The molecule has 4 aromatic rings. The SMILES string of the molecule is O=C(Nc1cccc(-c2ccc(S(=O)(=O)c3ccc(-c4cccc(NC(=O)NC5CCCCC5)c4)cc3)cc2)c1)NC1CCCCC1. The Morgan fingerprint density at radius 1 is 0.489 bits per heavy atom. The highest BCUT2D eigenvalue weighted by atomic mass is 32.2. The van der Waals surface area contributed by atoms with Gasteiger partial charge in [0.05, 0.1) is 9.79 Å². The van der Waals surface area contributed by atoms with Crippen LogP contribution >= 0.6 is 0 Å². The third-order valence-corrected chi connectivity index (χ3v) is 10.9. The Labute approximate surface area is 277 Å². The molecule has 6 rings (SSSR count). The number of rotatable bonds is 8. The van der Waals surface area contributed by atoms with Crippen LogP contribution in [0, 0.1) is 0 Å². The number of urea groups is 2. The fourth-order valence-corrected chi connectivity index (χ4v) is 7.80. The van der Waals surface area contributed by atoms with Crippen molar-refractivity contribution in [2.45, 2.75) is 86.1 Å². The minimum absolute atomic E-state index is 0.199. The number of amides is 4. The average Bonchev–Trinajstić information content (AvgIpc) is 3.09. The second-order valence-corrected chi connectivity index (χ2v) is 14.5. The number of carbonyl (C=O) groups excluding carboxylic acids is 2. The van der Waals surface area contributed by atoms with E-state index in [2.05, 4.69) is 21.3 Å². The van der Waals surface area contributed by atoms with Crippen molar-refractivity contribution in [1.82, 2.24) is 10.6 Å². The van der Waals surface area contributed by atoms with Crippen LogP contribution in [0.15, 0.2) is 107 Å². The second kappa shape index (κ2) is 14.9. The molecule has 0 heterocycles. The maximum Gasteiger partial charge on any atom is 0.319 e. The molecule has 4 aromatic carbocycles. The molecule has 47 heavy (non-hydrogen) atoms. The monoisotopic (exact) mass is 650 g/mol. The van der Waals surface area contributed by atoms with Crippen LogP contribution in [0.3, 0.4) is 0 Å². The predicted molar refractivity (Wildman–Crippen MR) is 187 cm³/mol. The third kappa shape index (κ3) is 8.40. The van der Waals surface area contributed by atoms with Crippen LogP contribution in [0.5, 0.6) is 0 Å². The van der Waals surface area contributed by atoms with E-state index < -0.39 is 9.84 Å². The molecule has 2 saturated carbocycles. The fourth-order valence-electron chi connectivity index (χ4n) is 6.54. The van der Waals surface area contributed by atoms with Crippen molar-refractivity contribution in [2.75, 3.05) is 10.6 Å². The largest absolute Gasteiger partial charge is 0.335 e. The minimum Gasteiger partial charge on any atom is -0.335 e. The van der Waals surface area contributed by atoms with Crippen LogP contribution in [0.25, 0.3) is 22.3 Å². The average molecular weight is 651 g/mol. The molecule has 0 aliphatic heterocycles. The second-order valence-electron chi connectivity index (χ2n) is 12.6. The molecule has 0 spiro atoms. The van der Waals surface area contributed by atoms with Gasteiger partial charge in [0, 0.05) is 23.5 Å². The van der Waals surface area contributed by atoms with Crippen LogP contribution < -0.4 is 21.3 Å². The van der Waals surface area contributed by atoms with E-state index >= 15 is 0 Å². The molecule has 4 amide bonds. The summed E-state index contributed by atoms with van der Waals surface area (Å²) in [6.45, 7) is 0. The van der Waals surface area contributed by atoms with Crippen LogP contribution in [0.4, 0.5) is 21.0 Å². The van der Waals surface area contributed by atoms with Gasteiger partial charge in [0.15, 0.2) is 0 Å². The maximum atomic E-state index is 13.5. The van der Waals surface area contributed by atoms with Crippen LogP contribution in [0.2, 0.25) is 0 Å². The molecule has 8 nitrogen and oxygen atoms in total. The predicted octanol–water partition coefficient (Wildman–Crippen LogP) is 8.76. The smallest absolute Gasteiger partial charge is 0.319 e. The molecule has 0 bridgehead atoms. The van der Waals surface area contributed by atoms with Gasteiger partial charge in [-0.1, -0.05) is 87.1 Å². The quantitative estimate of drug-likeness (QED) is 0.153. The fraction of sp³-hybridized carbons (Fsp3) is 0.316. The Kier molecular flexibility index (Phi) is 10.2. The lowest BCUT2D eigenvalue weighted by Crippen LogP contribution is -2.39. The molecular weight excluding hydrogens is 609 g/mol. The molecule has 2 fully saturated rings. The standard InChI is InChI=1S/C38H42N4O4S/c43-37(39-31-11-3-1-4-12-31)41-33-15-7-9-29(25-33)27-17-21-35(22-18-27)47(45,46)36-23-19-28(20-24-36)30-10-8-16-34(26-30)42-38(44)40-32-13-5-2-6-14-32/h7-10,15-26,31-32H,1-6,11-14H2,(H2,39,41,43)(H2,40,42,44). The number of anilines is 2. The molecule has 0 saturated heterocycles. The van der Waals surface area contributed by atoms with Crippen LogP contribution in [-0.2, 0) is 9.84 Å². The van der Waals surface area contributed by atoms with Gasteiger partial charge in [-0.15, -0.1) is 0 Å². The van der Waals surface area contributed by atoms with Gasteiger partial charge in [0.1, 0.15) is 0 Å². The van der Waals surface area contributed by atoms with Crippen molar-refractivity contribution < 1.29 is 18.0 Å². The van der Waals surface area contributed by atoms with E-state index in [-0.39, 0.29) is 33.9 Å². The van der Waals surface area contributed by atoms with Gasteiger partial charge in [-0.2, -0.15) is 0 Å². The molecule has 9 heteroatoms. The molecule has 0 atom stereocenters. The Bertz CT molecular complexity index is 1670. The zero-order valence-electron chi connectivity index (χ0n) is 26.5. The first kappa shape index (κ1) is 32.3. The van der Waals surface area contributed by atoms with Gasteiger partial charge in [-0.25, -0.2) is 18.0 Å². The zero-order valence-corrected chi connectivity index (χ0v) is 27.3. The van der Waals surface area contributed by atoms with Gasteiger partial charge in [0.25, 0.3) is 0 Å². The first-order valence-electron chi connectivity index (χ1n) is 16.6. The Morgan fingerprint density at radius 3 is 1.26 bits per heavy atom. The normalized spacial score (nSPS) is 15.8. The minimum atomic E-state index is -3.74. The van der Waals surface area contributed by atoms with Gasteiger partial charge in [-0.05, 0) is 96.5 Å². The summed E-state index contributed by atoms with van der Waals surface area (Å²) in [6, 6.07) is 28.7. The highest BCUT2D eigenvalue weighted by Crippen LogP contribution is 2.29. The summed E-state index contributed by atoms with van der Waals surface area (Å²) in [4.78, 5) is 25.5. The number of carbonyl (C=O) groups is 2. The Morgan fingerprint density at radius 2 is 0.872 bits per heavy atom. The van der Waals surface area contributed by atoms with Crippen molar-refractivity contribution in [1.29, 1.82) is 0 Å². The number of nitrogens with one attached hydrogen (secondary N) is 4. The number of sulfone groups is 1. The van der Waals surface area contributed by atoms with E-state index in [1.54, 1.807) is 48.5 Å². The summed E-state index contributed by atoms with van der Waals surface area (Å²) in [5, 5.41) is 12.0. The van der Waals surface area contributed by atoms with Gasteiger partial charge < -0.3 is 21.3 Å². The molecule has 244 valence electrons.